The SMILES string of the molecule is Cc1ccc(-c2oc3c(C)cc(C)cc3c(=O)c2OCc2cccc3ccccc23)cc1. The van der Waals surface area contributed by atoms with Gasteiger partial charge >= 0.3 is 0 Å². The summed E-state index contributed by atoms with van der Waals surface area (Å²) in [6, 6.07) is 26.2. The lowest BCUT2D eigenvalue weighted by molar-refractivity contribution is 0.299. The van der Waals surface area contributed by atoms with Crippen LogP contribution in [-0.2, 0) is 6.61 Å². The summed E-state index contributed by atoms with van der Waals surface area (Å²) in [6.07, 6.45) is 0. The molecule has 32 heavy (non-hydrogen) atoms. The van der Waals surface area contributed by atoms with Crippen molar-refractivity contribution >= 4 is 21.7 Å². The van der Waals surface area contributed by atoms with Crippen LogP contribution in [0.3, 0.4) is 0 Å². The molecule has 4 aromatic carbocycles. The first-order valence-corrected chi connectivity index (χ1v) is 10.8. The Balaban J connectivity index is 1.68. The minimum atomic E-state index is -0.145. The van der Waals surface area contributed by atoms with Crippen LogP contribution < -0.4 is 10.2 Å². The molecule has 0 atom stereocenters. The van der Waals surface area contributed by atoms with Gasteiger partial charge in [-0.2, -0.15) is 0 Å². The number of hydrogen-bond donors (Lipinski definition) is 0. The Labute approximate surface area is 186 Å². The second-order valence-electron chi connectivity index (χ2n) is 8.34. The summed E-state index contributed by atoms with van der Waals surface area (Å²) in [4.78, 5) is 13.6. The molecule has 0 saturated heterocycles. The van der Waals surface area contributed by atoms with E-state index in [1.54, 1.807) is 0 Å². The van der Waals surface area contributed by atoms with E-state index >= 15 is 0 Å². The van der Waals surface area contributed by atoms with E-state index in [1.165, 1.54) is 0 Å². The van der Waals surface area contributed by atoms with Gasteiger partial charge in [0.2, 0.25) is 11.2 Å². The molecule has 1 heterocycles. The predicted molar refractivity (Wildman–Crippen MR) is 130 cm³/mol. The minimum Gasteiger partial charge on any atom is -0.481 e. The summed E-state index contributed by atoms with van der Waals surface area (Å²) < 4.78 is 12.6. The van der Waals surface area contributed by atoms with Gasteiger partial charge < -0.3 is 9.15 Å². The Kier molecular flexibility index (Phi) is 5.02. The van der Waals surface area contributed by atoms with Gasteiger partial charge in [-0.25, -0.2) is 0 Å². The van der Waals surface area contributed by atoms with Gasteiger partial charge in [0, 0.05) is 5.56 Å². The van der Waals surface area contributed by atoms with Crippen LogP contribution in [-0.4, -0.2) is 0 Å². The Bertz CT molecular complexity index is 1500. The molecular weight excluding hydrogens is 396 g/mol. The molecule has 0 fully saturated rings. The molecule has 0 spiro atoms. The molecule has 0 radical (unpaired) electrons. The van der Waals surface area contributed by atoms with Gasteiger partial charge in [0.25, 0.3) is 0 Å². The van der Waals surface area contributed by atoms with Crippen molar-refractivity contribution in [3.8, 4) is 17.1 Å². The fourth-order valence-electron chi connectivity index (χ4n) is 4.23. The van der Waals surface area contributed by atoms with E-state index in [1.807, 2.05) is 81.4 Å². The van der Waals surface area contributed by atoms with Crippen molar-refractivity contribution in [2.24, 2.45) is 0 Å². The van der Waals surface area contributed by atoms with Gasteiger partial charge in [-0.15, -0.1) is 0 Å². The van der Waals surface area contributed by atoms with E-state index in [9.17, 15) is 4.79 Å². The second-order valence-corrected chi connectivity index (χ2v) is 8.34. The highest BCUT2D eigenvalue weighted by molar-refractivity contribution is 5.86. The van der Waals surface area contributed by atoms with Crippen LogP contribution in [0.25, 0.3) is 33.1 Å². The Morgan fingerprint density at radius 2 is 1.53 bits per heavy atom. The van der Waals surface area contributed by atoms with Crippen molar-refractivity contribution < 1.29 is 9.15 Å². The van der Waals surface area contributed by atoms with Gasteiger partial charge in [-0.1, -0.05) is 78.4 Å². The van der Waals surface area contributed by atoms with Gasteiger partial charge in [0.1, 0.15) is 12.2 Å². The highest BCUT2D eigenvalue weighted by Crippen LogP contribution is 2.33. The van der Waals surface area contributed by atoms with E-state index in [0.29, 0.717) is 16.7 Å². The molecule has 0 bridgehead atoms. The Hall–Kier alpha value is -3.85. The van der Waals surface area contributed by atoms with E-state index in [0.717, 1.165) is 38.6 Å². The van der Waals surface area contributed by atoms with Crippen molar-refractivity contribution in [2.45, 2.75) is 27.4 Å². The van der Waals surface area contributed by atoms with Crippen molar-refractivity contribution in [3.63, 3.8) is 0 Å². The van der Waals surface area contributed by atoms with Crippen LogP contribution in [0.2, 0.25) is 0 Å². The average molecular weight is 421 g/mol. The molecular formula is C29H24O3. The topological polar surface area (TPSA) is 39.4 Å². The molecule has 5 aromatic rings. The number of aryl methyl sites for hydroxylation is 3. The summed E-state index contributed by atoms with van der Waals surface area (Å²) >= 11 is 0. The third kappa shape index (κ3) is 3.56. The van der Waals surface area contributed by atoms with Gasteiger partial charge in [-0.05, 0) is 54.3 Å². The zero-order chi connectivity index (χ0) is 22.2. The predicted octanol–water partition coefficient (Wildman–Crippen LogP) is 7.12. The fraction of sp³-hybridized carbons (Fsp3) is 0.138. The highest BCUT2D eigenvalue weighted by atomic mass is 16.5. The number of hydrogen-bond acceptors (Lipinski definition) is 3. The van der Waals surface area contributed by atoms with Crippen LogP contribution in [0.15, 0.2) is 88.1 Å². The van der Waals surface area contributed by atoms with Gasteiger partial charge in [0.05, 0.1) is 5.39 Å². The van der Waals surface area contributed by atoms with E-state index < -0.39 is 0 Å². The lowest BCUT2D eigenvalue weighted by atomic mass is 10.0. The maximum absolute atomic E-state index is 13.6. The first-order chi connectivity index (χ1) is 15.5. The minimum absolute atomic E-state index is 0.145. The zero-order valence-corrected chi connectivity index (χ0v) is 18.4. The molecule has 0 amide bonds. The van der Waals surface area contributed by atoms with E-state index in [2.05, 4.69) is 18.2 Å². The zero-order valence-electron chi connectivity index (χ0n) is 18.4. The Morgan fingerprint density at radius 1 is 0.781 bits per heavy atom. The monoisotopic (exact) mass is 420 g/mol. The quantitative estimate of drug-likeness (QED) is 0.311. The fourth-order valence-corrected chi connectivity index (χ4v) is 4.23. The number of ether oxygens (including phenoxy) is 1. The molecule has 158 valence electrons. The van der Waals surface area contributed by atoms with Crippen LogP contribution in [0.4, 0.5) is 0 Å². The molecule has 0 aliphatic carbocycles. The first kappa shape index (κ1) is 20.1. The van der Waals surface area contributed by atoms with Crippen LogP contribution in [0, 0.1) is 20.8 Å². The molecule has 5 rings (SSSR count). The third-order valence-corrected chi connectivity index (χ3v) is 5.85. The largest absolute Gasteiger partial charge is 0.481 e. The maximum atomic E-state index is 13.6. The summed E-state index contributed by atoms with van der Waals surface area (Å²) in [6.45, 7) is 6.26. The lowest BCUT2D eigenvalue weighted by Gasteiger charge is -2.14. The van der Waals surface area contributed by atoms with Crippen molar-refractivity contribution in [1.29, 1.82) is 0 Å². The molecule has 0 unspecified atom stereocenters. The molecule has 3 nitrogen and oxygen atoms in total. The number of benzene rings is 4. The summed E-state index contributed by atoms with van der Waals surface area (Å²) in [5, 5.41) is 2.80. The number of fused-ring (bicyclic) bond motifs is 2. The summed E-state index contributed by atoms with van der Waals surface area (Å²) in [7, 11) is 0. The molecule has 0 aliphatic rings. The smallest absolute Gasteiger partial charge is 0.235 e. The lowest BCUT2D eigenvalue weighted by Crippen LogP contribution is -2.11. The van der Waals surface area contributed by atoms with E-state index in [4.69, 9.17) is 9.15 Å². The normalized spacial score (nSPS) is 11.2. The molecule has 0 N–H and O–H groups in total. The summed E-state index contributed by atoms with van der Waals surface area (Å²) in [5.74, 6) is 0.717. The van der Waals surface area contributed by atoms with Crippen molar-refractivity contribution in [1.82, 2.24) is 0 Å². The molecule has 0 aliphatic heterocycles. The van der Waals surface area contributed by atoms with Crippen LogP contribution >= 0.6 is 0 Å². The van der Waals surface area contributed by atoms with Crippen molar-refractivity contribution in [3.05, 3.63) is 111 Å². The standard InChI is InChI=1S/C29H24O3/c1-18-11-13-22(14-12-18)28-29(26(30)25-16-19(2)15-20(3)27(25)32-28)31-17-23-9-6-8-21-7-4-5-10-24(21)23/h4-16H,17H2,1-3H3. The average Bonchev–Trinajstić information content (AvgIpc) is 2.79. The maximum Gasteiger partial charge on any atom is 0.235 e. The van der Waals surface area contributed by atoms with Crippen LogP contribution in [0.5, 0.6) is 5.75 Å². The third-order valence-electron chi connectivity index (χ3n) is 5.85. The molecule has 1 aromatic heterocycles. The summed E-state index contributed by atoms with van der Waals surface area (Å²) in [5.41, 5.74) is 5.40. The van der Waals surface area contributed by atoms with Crippen molar-refractivity contribution in [2.75, 3.05) is 0 Å². The second kappa shape index (κ2) is 8.01. The number of rotatable bonds is 4. The Morgan fingerprint density at radius 3 is 2.34 bits per heavy atom. The highest BCUT2D eigenvalue weighted by Gasteiger charge is 2.19. The van der Waals surface area contributed by atoms with Gasteiger partial charge in [0.15, 0.2) is 5.76 Å². The molecule has 0 saturated carbocycles. The molecule has 3 heteroatoms. The van der Waals surface area contributed by atoms with Gasteiger partial charge in [-0.3, -0.25) is 4.79 Å². The van der Waals surface area contributed by atoms with E-state index in [-0.39, 0.29) is 17.8 Å². The first-order valence-electron chi connectivity index (χ1n) is 10.8. The van der Waals surface area contributed by atoms with Crippen LogP contribution in [0.1, 0.15) is 22.3 Å².